The molecule has 2 aromatic rings. The molecule has 0 saturated heterocycles. The lowest BCUT2D eigenvalue weighted by Crippen LogP contribution is -2.05. The molecule has 1 fully saturated rings. The van der Waals surface area contributed by atoms with Crippen LogP contribution in [-0.4, -0.2) is 17.0 Å². The van der Waals surface area contributed by atoms with Crippen molar-refractivity contribution in [3.63, 3.8) is 0 Å². The van der Waals surface area contributed by atoms with E-state index in [1.807, 2.05) is 19.2 Å². The maximum Gasteiger partial charge on any atom is 0.134 e. The first-order chi connectivity index (χ1) is 10.3. The van der Waals surface area contributed by atoms with Gasteiger partial charge in [0.15, 0.2) is 0 Å². The third-order valence-electron chi connectivity index (χ3n) is 4.55. The Morgan fingerprint density at radius 2 is 1.95 bits per heavy atom. The van der Waals surface area contributed by atoms with Crippen LogP contribution in [0.4, 0.5) is 5.82 Å². The molecular formula is C18H23N3. The molecule has 1 aromatic heterocycles. The van der Waals surface area contributed by atoms with Crippen molar-refractivity contribution in [1.29, 1.82) is 0 Å². The largest absolute Gasteiger partial charge is 0.373 e. The van der Waals surface area contributed by atoms with Gasteiger partial charge in [-0.15, -0.1) is 0 Å². The molecule has 21 heavy (non-hydrogen) atoms. The third-order valence-corrected chi connectivity index (χ3v) is 4.55. The molecule has 1 N–H and O–H groups in total. The first-order valence-electron chi connectivity index (χ1n) is 7.92. The van der Waals surface area contributed by atoms with Gasteiger partial charge in [0.2, 0.25) is 0 Å². The van der Waals surface area contributed by atoms with Gasteiger partial charge in [-0.05, 0) is 25.2 Å². The maximum atomic E-state index is 4.85. The van der Waals surface area contributed by atoms with Gasteiger partial charge in [0.1, 0.15) is 11.6 Å². The molecular weight excluding hydrogens is 258 g/mol. The van der Waals surface area contributed by atoms with Crippen molar-refractivity contribution >= 4 is 5.82 Å². The standard InChI is InChI=1S/C18H23N3/c1-3-13-9-10-15(11-13)18-20-16(12-17(19-2)21-18)14-7-5-4-6-8-14/h4-8,12-13,15H,3,9-11H2,1-2H3,(H,19,20,21). The average Bonchev–Trinajstić information content (AvgIpc) is 3.04. The smallest absolute Gasteiger partial charge is 0.134 e. The van der Waals surface area contributed by atoms with Crippen LogP contribution in [0.3, 0.4) is 0 Å². The van der Waals surface area contributed by atoms with E-state index in [4.69, 9.17) is 9.97 Å². The summed E-state index contributed by atoms with van der Waals surface area (Å²) in [5, 5.41) is 3.18. The maximum absolute atomic E-state index is 4.85. The summed E-state index contributed by atoms with van der Waals surface area (Å²) in [5.74, 6) is 3.29. The van der Waals surface area contributed by atoms with Gasteiger partial charge in [0.05, 0.1) is 5.69 Å². The Labute approximate surface area is 126 Å². The number of rotatable bonds is 4. The molecule has 0 bridgehead atoms. The molecule has 0 aliphatic heterocycles. The van der Waals surface area contributed by atoms with Gasteiger partial charge < -0.3 is 5.32 Å². The van der Waals surface area contributed by atoms with Crippen molar-refractivity contribution in [2.75, 3.05) is 12.4 Å². The van der Waals surface area contributed by atoms with Crippen molar-refractivity contribution in [2.24, 2.45) is 5.92 Å². The highest BCUT2D eigenvalue weighted by atomic mass is 15.0. The van der Waals surface area contributed by atoms with Crippen molar-refractivity contribution < 1.29 is 0 Å². The van der Waals surface area contributed by atoms with Gasteiger partial charge in [-0.1, -0.05) is 43.7 Å². The van der Waals surface area contributed by atoms with Gasteiger partial charge in [-0.25, -0.2) is 9.97 Å². The Morgan fingerprint density at radius 3 is 2.62 bits per heavy atom. The lowest BCUT2D eigenvalue weighted by atomic mass is 10.0. The highest BCUT2D eigenvalue weighted by Gasteiger charge is 2.27. The molecule has 1 saturated carbocycles. The highest BCUT2D eigenvalue weighted by molar-refractivity contribution is 5.62. The summed E-state index contributed by atoms with van der Waals surface area (Å²) < 4.78 is 0. The van der Waals surface area contributed by atoms with Crippen LogP contribution in [0, 0.1) is 5.92 Å². The highest BCUT2D eigenvalue weighted by Crippen LogP contribution is 2.39. The molecule has 2 atom stereocenters. The molecule has 3 nitrogen and oxygen atoms in total. The second-order valence-electron chi connectivity index (χ2n) is 5.90. The van der Waals surface area contributed by atoms with E-state index in [0.29, 0.717) is 5.92 Å². The minimum absolute atomic E-state index is 0.519. The molecule has 3 rings (SSSR count). The second-order valence-corrected chi connectivity index (χ2v) is 5.90. The van der Waals surface area contributed by atoms with Gasteiger partial charge in [-0.2, -0.15) is 0 Å². The van der Waals surface area contributed by atoms with Crippen LogP contribution in [0.15, 0.2) is 36.4 Å². The summed E-state index contributed by atoms with van der Waals surface area (Å²) in [4.78, 5) is 9.56. The first kappa shape index (κ1) is 14.1. The van der Waals surface area contributed by atoms with E-state index in [9.17, 15) is 0 Å². The van der Waals surface area contributed by atoms with Crippen LogP contribution < -0.4 is 5.32 Å². The fourth-order valence-electron chi connectivity index (χ4n) is 3.21. The second kappa shape index (κ2) is 6.25. The lowest BCUT2D eigenvalue weighted by molar-refractivity contribution is 0.517. The first-order valence-corrected chi connectivity index (χ1v) is 7.92. The van der Waals surface area contributed by atoms with E-state index in [1.165, 1.54) is 25.7 Å². The van der Waals surface area contributed by atoms with Gasteiger partial charge in [-0.3, -0.25) is 0 Å². The zero-order valence-electron chi connectivity index (χ0n) is 12.8. The summed E-state index contributed by atoms with van der Waals surface area (Å²) in [7, 11) is 1.92. The van der Waals surface area contributed by atoms with E-state index in [-0.39, 0.29) is 0 Å². The Hall–Kier alpha value is -1.90. The summed E-state index contributed by atoms with van der Waals surface area (Å²) in [5.41, 5.74) is 2.17. The predicted octanol–water partition coefficient (Wildman–Crippen LogP) is 4.48. The summed E-state index contributed by atoms with van der Waals surface area (Å²) in [6.07, 6.45) is 5.04. The van der Waals surface area contributed by atoms with E-state index < -0.39 is 0 Å². The Kier molecular flexibility index (Phi) is 4.18. The number of nitrogens with one attached hydrogen (secondary N) is 1. The number of nitrogens with zero attached hydrogens (tertiary/aromatic N) is 2. The quantitative estimate of drug-likeness (QED) is 0.898. The van der Waals surface area contributed by atoms with Crippen molar-refractivity contribution in [3.05, 3.63) is 42.2 Å². The van der Waals surface area contributed by atoms with Gasteiger partial charge in [0, 0.05) is 24.6 Å². The molecule has 1 aliphatic carbocycles. The fraction of sp³-hybridized carbons (Fsp3) is 0.444. The zero-order valence-corrected chi connectivity index (χ0v) is 12.8. The van der Waals surface area contributed by atoms with Gasteiger partial charge in [0.25, 0.3) is 0 Å². The third kappa shape index (κ3) is 3.07. The number of hydrogen-bond acceptors (Lipinski definition) is 3. The minimum Gasteiger partial charge on any atom is -0.373 e. The normalized spacial score (nSPS) is 21.4. The van der Waals surface area contributed by atoms with E-state index in [1.54, 1.807) is 0 Å². The van der Waals surface area contributed by atoms with Crippen LogP contribution in [0.5, 0.6) is 0 Å². The fourth-order valence-corrected chi connectivity index (χ4v) is 3.21. The molecule has 0 radical (unpaired) electrons. The lowest BCUT2D eigenvalue weighted by Gasteiger charge is -2.13. The monoisotopic (exact) mass is 281 g/mol. The zero-order chi connectivity index (χ0) is 14.7. The predicted molar refractivity (Wildman–Crippen MR) is 87.4 cm³/mol. The molecule has 110 valence electrons. The molecule has 0 spiro atoms. The summed E-state index contributed by atoms with van der Waals surface area (Å²) >= 11 is 0. The number of hydrogen-bond donors (Lipinski definition) is 1. The van der Waals surface area contributed by atoms with Crippen molar-refractivity contribution in [1.82, 2.24) is 9.97 Å². The van der Waals surface area contributed by atoms with E-state index in [2.05, 4.69) is 36.5 Å². The van der Waals surface area contributed by atoms with Crippen molar-refractivity contribution in [3.8, 4) is 11.3 Å². The van der Waals surface area contributed by atoms with Crippen LogP contribution in [0.2, 0.25) is 0 Å². The van der Waals surface area contributed by atoms with Crippen LogP contribution in [-0.2, 0) is 0 Å². The van der Waals surface area contributed by atoms with Crippen LogP contribution in [0.25, 0.3) is 11.3 Å². The Morgan fingerprint density at radius 1 is 1.14 bits per heavy atom. The number of aromatic nitrogens is 2. The van der Waals surface area contributed by atoms with E-state index in [0.717, 1.165) is 28.8 Å². The Balaban J connectivity index is 1.94. The number of benzene rings is 1. The van der Waals surface area contributed by atoms with Gasteiger partial charge >= 0.3 is 0 Å². The topological polar surface area (TPSA) is 37.8 Å². The van der Waals surface area contributed by atoms with Crippen LogP contribution >= 0.6 is 0 Å². The van der Waals surface area contributed by atoms with E-state index >= 15 is 0 Å². The van der Waals surface area contributed by atoms with Crippen molar-refractivity contribution in [2.45, 2.75) is 38.5 Å². The SMILES string of the molecule is CCC1CCC(c2nc(NC)cc(-c3ccccc3)n2)C1. The summed E-state index contributed by atoms with van der Waals surface area (Å²) in [6, 6.07) is 12.4. The average molecular weight is 281 g/mol. The molecule has 1 aromatic carbocycles. The van der Waals surface area contributed by atoms with Crippen LogP contribution in [0.1, 0.15) is 44.3 Å². The molecule has 1 heterocycles. The summed E-state index contributed by atoms with van der Waals surface area (Å²) in [6.45, 7) is 2.29. The number of anilines is 1. The molecule has 1 aliphatic rings. The Bertz CT molecular complexity index is 595. The molecule has 3 heteroatoms. The minimum atomic E-state index is 0.519. The molecule has 2 unspecified atom stereocenters. The molecule has 0 amide bonds.